The van der Waals surface area contributed by atoms with Crippen molar-refractivity contribution in [3.05, 3.63) is 0 Å². The summed E-state index contributed by atoms with van der Waals surface area (Å²) in [4.78, 5) is 12.8. The Morgan fingerprint density at radius 1 is 1.38 bits per heavy atom. The average Bonchev–Trinajstić information content (AvgIpc) is 1.99. The number of sulfone groups is 1. The van der Waals surface area contributed by atoms with E-state index in [0.717, 1.165) is 12.7 Å². The first-order chi connectivity index (χ1) is 5.87. The number of rotatable bonds is 5. The lowest BCUT2D eigenvalue weighted by atomic mass is 10.4. The smallest absolute Gasteiger partial charge is 0.223 e. The van der Waals surface area contributed by atoms with E-state index < -0.39 is 9.84 Å². The highest BCUT2D eigenvalue weighted by Gasteiger charge is 2.10. The number of amides is 1. The van der Waals surface area contributed by atoms with E-state index in [0.29, 0.717) is 6.54 Å². The molecule has 0 spiro atoms. The fraction of sp³-hybridized carbons (Fsp3) is 0.875. The largest absolute Gasteiger partial charge is 0.346 e. The van der Waals surface area contributed by atoms with Gasteiger partial charge in [0.05, 0.1) is 5.75 Å². The van der Waals surface area contributed by atoms with Crippen LogP contribution in [0.3, 0.4) is 0 Å². The molecule has 0 atom stereocenters. The maximum Gasteiger partial charge on any atom is 0.223 e. The van der Waals surface area contributed by atoms with Gasteiger partial charge in [0, 0.05) is 26.3 Å². The van der Waals surface area contributed by atoms with Gasteiger partial charge in [0.1, 0.15) is 9.84 Å². The van der Waals surface area contributed by atoms with Gasteiger partial charge in [-0.3, -0.25) is 4.79 Å². The Morgan fingerprint density at radius 2 is 1.92 bits per heavy atom. The Labute approximate surface area is 79.8 Å². The van der Waals surface area contributed by atoms with Gasteiger partial charge in [0.2, 0.25) is 5.91 Å². The van der Waals surface area contributed by atoms with Crippen LogP contribution in [0.2, 0.25) is 0 Å². The summed E-state index contributed by atoms with van der Waals surface area (Å²) in [6.07, 6.45) is 2.12. The van der Waals surface area contributed by atoms with Crippen LogP contribution in [0.1, 0.15) is 19.8 Å². The fourth-order valence-corrected chi connectivity index (χ4v) is 1.47. The lowest BCUT2D eigenvalue weighted by Gasteiger charge is -2.15. The number of nitrogens with zero attached hydrogens (tertiary/aromatic N) is 1. The van der Waals surface area contributed by atoms with Crippen molar-refractivity contribution < 1.29 is 13.2 Å². The highest BCUT2D eigenvalue weighted by molar-refractivity contribution is 7.90. The average molecular weight is 207 g/mol. The van der Waals surface area contributed by atoms with Crippen LogP contribution in [0.25, 0.3) is 0 Å². The van der Waals surface area contributed by atoms with Crippen LogP contribution in [0.4, 0.5) is 0 Å². The van der Waals surface area contributed by atoms with Crippen molar-refractivity contribution in [2.45, 2.75) is 19.8 Å². The van der Waals surface area contributed by atoms with Crippen molar-refractivity contribution in [3.8, 4) is 0 Å². The Hall–Kier alpha value is -0.580. The third-order valence-electron chi connectivity index (χ3n) is 1.67. The molecule has 0 aliphatic carbocycles. The SMILES string of the molecule is CCCN(C)C(=O)CCS(C)(=O)=O. The second-order valence-corrected chi connectivity index (χ2v) is 5.45. The Balaban J connectivity index is 3.88. The Bertz CT molecular complexity index is 259. The molecule has 1 amide bonds. The third kappa shape index (κ3) is 6.57. The molecule has 0 unspecified atom stereocenters. The van der Waals surface area contributed by atoms with Gasteiger partial charge in [-0.25, -0.2) is 8.42 Å². The topological polar surface area (TPSA) is 54.5 Å². The molecule has 0 N–H and O–H groups in total. The Morgan fingerprint density at radius 3 is 2.31 bits per heavy atom. The van der Waals surface area contributed by atoms with Crippen molar-refractivity contribution in [2.24, 2.45) is 0 Å². The molecule has 4 nitrogen and oxygen atoms in total. The van der Waals surface area contributed by atoms with Crippen LogP contribution in [0.15, 0.2) is 0 Å². The summed E-state index contributed by atoms with van der Waals surface area (Å²) < 4.78 is 21.5. The van der Waals surface area contributed by atoms with E-state index in [4.69, 9.17) is 0 Å². The fourth-order valence-electron chi connectivity index (χ4n) is 0.924. The van der Waals surface area contributed by atoms with Crippen molar-refractivity contribution in [2.75, 3.05) is 25.6 Å². The molecule has 0 fully saturated rings. The molecule has 78 valence electrons. The van der Waals surface area contributed by atoms with Gasteiger partial charge in [-0.05, 0) is 6.42 Å². The van der Waals surface area contributed by atoms with E-state index >= 15 is 0 Å². The molecule has 0 bridgehead atoms. The summed E-state index contributed by atoms with van der Waals surface area (Å²) in [7, 11) is -1.33. The van der Waals surface area contributed by atoms with Crippen LogP contribution in [0.5, 0.6) is 0 Å². The van der Waals surface area contributed by atoms with E-state index in [1.165, 1.54) is 0 Å². The third-order valence-corrected chi connectivity index (χ3v) is 2.62. The van der Waals surface area contributed by atoms with Gasteiger partial charge in [-0.2, -0.15) is 0 Å². The van der Waals surface area contributed by atoms with Crippen LogP contribution in [0, 0.1) is 0 Å². The summed E-state index contributed by atoms with van der Waals surface area (Å²) >= 11 is 0. The molecular weight excluding hydrogens is 190 g/mol. The first kappa shape index (κ1) is 12.4. The molecule has 0 aromatic carbocycles. The van der Waals surface area contributed by atoms with Gasteiger partial charge < -0.3 is 4.90 Å². The zero-order chi connectivity index (χ0) is 10.5. The van der Waals surface area contributed by atoms with Gasteiger partial charge in [0.25, 0.3) is 0 Å². The summed E-state index contributed by atoms with van der Waals surface area (Å²) in [5.41, 5.74) is 0. The van der Waals surface area contributed by atoms with E-state index in [1.807, 2.05) is 6.92 Å². The number of hydrogen-bond donors (Lipinski definition) is 0. The number of carbonyl (C=O) groups excluding carboxylic acids is 1. The first-order valence-electron chi connectivity index (χ1n) is 4.28. The zero-order valence-corrected chi connectivity index (χ0v) is 9.23. The lowest BCUT2D eigenvalue weighted by Crippen LogP contribution is -2.28. The monoisotopic (exact) mass is 207 g/mol. The van der Waals surface area contributed by atoms with E-state index in [9.17, 15) is 13.2 Å². The molecule has 0 rings (SSSR count). The van der Waals surface area contributed by atoms with Gasteiger partial charge >= 0.3 is 0 Å². The molecule has 0 radical (unpaired) electrons. The minimum absolute atomic E-state index is 0.0557. The molecule has 5 heteroatoms. The second kappa shape index (κ2) is 5.21. The van der Waals surface area contributed by atoms with Crippen molar-refractivity contribution in [1.82, 2.24) is 4.90 Å². The molecule has 0 heterocycles. The van der Waals surface area contributed by atoms with E-state index in [-0.39, 0.29) is 18.1 Å². The van der Waals surface area contributed by atoms with E-state index in [2.05, 4.69) is 0 Å². The van der Waals surface area contributed by atoms with Crippen LogP contribution in [-0.2, 0) is 14.6 Å². The summed E-state index contributed by atoms with van der Waals surface area (Å²) in [6, 6.07) is 0. The standard InChI is InChI=1S/C8H17NO3S/c1-4-6-9(2)8(10)5-7-13(3,11)12/h4-7H2,1-3H3. The van der Waals surface area contributed by atoms with E-state index in [1.54, 1.807) is 11.9 Å². The second-order valence-electron chi connectivity index (χ2n) is 3.20. The van der Waals surface area contributed by atoms with Crippen molar-refractivity contribution in [1.29, 1.82) is 0 Å². The molecule has 13 heavy (non-hydrogen) atoms. The molecule has 0 aromatic rings. The number of hydrogen-bond acceptors (Lipinski definition) is 3. The quantitative estimate of drug-likeness (QED) is 0.651. The normalized spacial score (nSPS) is 11.3. The molecule has 0 aromatic heterocycles. The summed E-state index contributed by atoms with van der Waals surface area (Å²) in [5, 5.41) is 0. The predicted octanol–water partition coefficient (Wildman–Crippen LogP) is 0.290. The summed E-state index contributed by atoms with van der Waals surface area (Å²) in [6.45, 7) is 2.66. The van der Waals surface area contributed by atoms with Crippen molar-refractivity contribution in [3.63, 3.8) is 0 Å². The molecule has 0 aliphatic rings. The maximum absolute atomic E-state index is 11.2. The van der Waals surface area contributed by atoms with Gasteiger partial charge in [-0.1, -0.05) is 6.92 Å². The molecule has 0 saturated carbocycles. The highest BCUT2D eigenvalue weighted by Crippen LogP contribution is 1.95. The predicted molar refractivity (Wildman–Crippen MR) is 52.3 cm³/mol. The minimum Gasteiger partial charge on any atom is -0.346 e. The first-order valence-corrected chi connectivity index (χ1v) is 6.34. The zero-order valence-electron chi connectivity index (χ0n) is 8.41. The molecule has 0 saturated heterocycles. The van der Waals surface area contributed by atoms with Crippen molar-refractivity contribution >= 4 is 15.7 Å². The highest BCUT2D eigenvalue weighted by atomic mass is 32.2. The molecule has 0 aliphatic heterocycles. The van der Waals surface area contributed by atoms with Gasteiger partial charge in [0.15, 0.2) is 0 Å². The maximum atomic E-state index is 11.2. The number of carbonyl (C=O) groups is 1. The lowest BCUT2D eigenvalue weighted by molar-refractivity contribution is -0.129. The minimum atomic E-state index is -3.02. The molecular formula is C8H17NO3S. The van der Waals surface area contributed by atoms with Gasteiger partial charge in [-0.15, -0.1) is 0 Å². The van der Waals surface area contributed by atoms with Crippen LogP contribution >= 0.6 is 0 Å². The van der Waals surface area contributed by atoms with Crippen LogP contribution < -0.4 is 0 Å². The van der Waals surface area contributed by atoms with Crippen LogP contribution in [-0.4, -0.2) is 44.8 Å². The Kier molecular flexibility index (Phi) is 4.98. The summed E-state index contributed by atoms with van der Waals surface area (Å²) in [5.74, 6) is -0.160.